The van der Waals surface area contributed by atoms with Gasteiger partial charge in [0.15, 0.2) is 0 Å². The summed E-state index contributed by atoms with van der Waals surface area (Å²) in [4.78, 5) is 31.7. The van der Waals surface area contributed by atoms with Crippen LogP contribution in [0.25, 0.3) is 21.3 Å². The van der Waals surface area contributed by atoms with Crippen LogP contribution in [0.2, 0.25) is 0 Å². The zero-order valence-electron chi connectivity index (χ0n) is 18.2. The summed E-state index contributed by atoms with van der Waals surface area (Å²) < 4.78 is 6.45. The SMILES string of the molecule is CCC(C(=O)Nc1nnc(COC)s1)n1cnc2scc(-c3ccc(C)cc3C)c2c1=O. The Morgan fingerprint density at radius 1 is 1.25 bits per heavy atom. The van der Waals surface area contributed by atoms with E-state index in [1.54, 1.807) is 7.11 Å². The van der Waals surface area contributed by atoms with Crippen molar-refractivity contribution in [2.24, 2.45) is 0 Å². The molecule has 0 radical (unpaired) electrons. The number of aryl methyl sites for hydroxylation is 2. The van der Waals surface area contributed by atoms with Gasteiger partial charge in [-0.05, 0) is 31.4 Å². The Hall–Kier alpha value is -2.95. The number of methoxy groups -OCH3 is 1. The molecule has 0 saturated heterocycles. The minimum Gasteiger partial charge on any atom is -0.377 e. The predicted molar refractivity (Wildman–Crippen MR) is 127 cm³/mol. The van der Waals surface area contributed by atoms with E-state index in [1.807, 2.05) is 38.3 Å². The summed E-state index contributed by atoms with van der Waals surface area (Å²) in [5.74, 6) is -0.334. The van der Waals surface area contributed by atoms with Gasteiger partial charge in [0.05, 0.1) is 11.7 Å². The number of carbonyl (C=O) groups is 1. The van der Waals surface area contributed by atoms with Crippen molar-refractivity contribution >= 4 is 43.9 Å². The Morgan fingerprint density at radius 3 is 2.78 bits per heavy atom. The first-order chi connectivity index (χ1) is 15.4. The summed E-state index contributed by atoms with van der Waals surface area (Å²) in [5.41, 5.74) is 3.86. The third-order valence-corrected chi connectivity index (χ3v) is 6.88. The molecule has 1 atom stereocenters. The van der Waals surface area contributed by atoms with Crippen LogP contribution < -0.4 is 10.9 Å². The van der Waals surface area contributed by atoms with Gasteiger partial charge in [-0.25, -0.2) is 4.98 Å². The van der Waals surface area contributed by atoms with Crippen LogP contribution >= 0.6 is 22.7 Å². The number of amides is 1. The largest absolute Gasteiger partial charge is 0.377 e. The lowest BCUT2D eigenvalue weighted by atomic mass is 9.99. The molecule has 1 aromatic carbocycles. The quantitative estimate of drug-likeness (QED) is 0.433. The van der Waals surface area contributed by atoms with Crippen LogP contribution in [0.1, 0.15) is 35.5 Å². The molecule has 0 spiro atoms. The first-order valence-corrected chi connectivity index (χ1v) is 11.8. The van der Waals surface area contributed by atoms with Crippen molar-refractivity contribution in [3.05, 3.63) is 56.4 Å². The Labute approximate surface area is 192 Å². The van der Waals surface area contributed by atoms with Crippen molar-refractivity contribution in [2.45, 2.75) is 39.8 Å². The highest BCUT2D eigenvalue weighted by Crippen LogP contribution is 2.33. The Kier molecular flexibility index (Phi) is 6.45. The Bertz CT molecular complexity index is 1340. The molecule has 0 bridgehead atoms. The molecular weight excluding hydrogens is 446 g/mol. The lowest BCUT2D eigenvalue weighted by Gasteiger charge is -2.17. The van der Waals surface area contributed by atoms with Crippen LogP contribution in [0.15, 0.2) is 34.7 Å². The third kappa shape index (κ3) is 4.21. The average molecular weight is 470 g/mol. The summed E-state index contributed by atoms with van der Waals surface area (Å²) >= 11 is 2.67. The van der Waals surface area contributed by atoms with E-state index in [1.165, 1.54) is 33.6 Å². The van der Waals surface area contributed by atoms with E-state index in [-0.39, 0.29) is 11.5 Å². The zero-order valence-corrected chi connectivity index (χ0v) is 19.8. The first kappa shape index (κ1) is 22.3. The second kappa shape index (κ2) is 9.27. The maximum absolute atomic E-state index is 13.5. The molecule has 32 heavy (non-hydrogen) atoms. The minimum atomic E-state index is -0.721. The van der Waals surface area contributed by atoms with Crippen molar-refractivity contribution < 1.29 is 9.53 Å². The first-order valence-electron chi connectivity index (χ1n) is 10.1. The van der Waals surface area contributed by atoms with Crippen LogP contribution in [0.3, 0.4) is 0 Å². The van der Waals surface area contributed by atoms with Gasteiger partial charge in [0.2, 0.25) is 11.0 Å². The maximum Gasteiger partial charge on any atom is 0.263 e. The fourth-order valence-electron chi connectivity index (χ4n) is 3.66. The third-order valence-electron chi connectivity index (χ3n) is 5.18. The summed E-state index contributed by atoms with van der Waals surface area (Å²) in [7, 11) is 1.57. The maximum atomic E-state index is 13.5. The monoisotopic (exact) mass is 469 g/mol. The number of anilines is 1. The molecule has 0 aliphatic rings. The molecule has 166 valence electrons. The summed E-state index contributed by atoms with van der Waals surface area (Å²) in [5, 5.41) is 14.2. The smallest absolute Gasteiger partial charge is 0.263 e. The molecular formula is C22H23N5O3S2. The molecule has 0 fully saturated rings. The van der Waals surface area contributed by atoms with Crippen LogP contribution in [0, 0.1) is 13.8 Å². The fraction of sp³-hybridized carbons (Fsp3) is 0.318. The van der Waals surface area contributed by atoms with E-state index in [0.29, 0.717) is 33.4 Å². The van der Waals surface area contributed by atoms with E-state index < -0.39 is 6.04 Å². The van der Waals surface area contributed by atoms with Crippen molar-refractivity contribution in [3.8, 4) is 11.1 Å². The van der Waals surface area contributed by atoms with Crippen LogP contribution in [-0.4, -0.2) is 32.8 Å². The Balaban J connectivity index is 1.71. The number of carbonyl (C=O) groups excluding carboxylic acids is 1. The topological polar surface area (TPSA) is 99.0 Å². The van der Waals surface area contributed by atoms with Crippen molar-refractivity contribution in [3.63, 3.8) is 0 Å². The lowest BCUT2D eigenvalue weighted by molar-refractivity contribution is -0.119. The molecule has 8 nitrogen and oxygen atoms in total. The minimum absolute atomic E-state index is 0.231. The summed E-state index contributed by atoms with van der Waals surface area (Å²) in [6, 6.07) is 5.43. The normalized spacial score (nSPS) is 12.2. The molecule has 1 amide bonds. The molecule has 10 heteroatoms. The summed E-state index contributed by atoms with van der Waals surface area (Å²) in [6.45, 7) is 6.25. The second-order valence-corrected chi connectivity index (χ2v) is 9.37. The predicted octanol–water partition coefficient (Wildman–Crippen LogP) is 4.33. The van der Waals surface area contributed by atoms with Crippen LogP contribution in [0.5, 0.6) is 0 Å². The van der Waals surface area contributed by atoms with Gasteiger partial charge in [-0.3, -0.25) is 19.5 Å². The molecule has 0 aliphatic carbocycles. The van der Waals surface area contributed by atoms with Crippen molar-refractivity contribution in [1.82, 2.24) is 19.7 Å². The van der Waals surface area contributed by atoms with Gasteiger partial charge in [-0.2, -0.15) is 0 Å². The van der Waals surface area contributed by atoms with E-state index in [2.05, 4.69) is 26.6 Å². The van der Waals surface area contributed by atoms with Crippen molar-refractivity contribution in [2.75, 3.05) is 12.4 Å². The van der Waals surface area contributed by atoms with Gasteiger partial charge in [0.25, 0.3) is 5.56 Å². The lowest BCUT2D eigenvalue weighted by Crippen LogP contribution is -2.33. The number of ether oxygens (including phenoxy) is 1. The fourth-order valence-corrected chi connectivity index (χ4v) is 5.28. The highest BCUT2D eigenvalue weighted by molar-refractivity contribution is 7.17. The molecule has 1 unspecified atom stereocenters. The van der Waals surface area contributed by atoms with Crippen LogP contribution in [0.4, 0.5) is 5.13 Å². The summed E-state index contributed by atoms with van der Waals surface area (Å²) in [6.07, 6.45) is 1.88. The van der Waals surface area contributed by atoms with Crippen LogP contribution in [-0.2, 0) is 16.1 Å². The number of aromatic nitrogens is 4. The van der Waals surface area contributed by atoms with Gasteiger partial charge >= 0.3 is 0 Å². The molecule has 4 rings (SSSR count). The van der Waals surface area contributed by atoms with Gasteiger partial charge in [-0.1, -0.05) is 42.0 Å². The molecule has 1 N–H and O–H groups in total. The van der Waals surface area contributed by atoms with Gasteiger partial charge < -0.3 is 4.74 Å². The molecule has 3 heterocycles. The van der Waals surface area contributed by atoms with E-state index >= 15 is 0 Å². The standard InChI is InChI=1S/C22H23N5O3S2/c1-5-16(19(28)24-22-26-25-17(32-22)9-30-4)27-11-23-20-18(21(27)29)15(10-31-20)14-7-6-12(2)8-13(14)3/h6-8,10-11,16H,5,9H2,1-4H3,(H,24,26,28). The van der Waals surface area contributed by atoms with E-state index in [0.717, 1.165) is 22.3 Å². The number of rotatable bonds is 7. The average Bonchev–Trinajstić information content (AvgIpc) is 3.38. The number of nitrogens with zero attached hydrogens (tertiary/aromatic N) is 4. The second-order valence-electron chi connectivity index (χ2n) is 7.45. The van der Waals surface area contributed by atoms with E-state index in [9.17, 15) is 9.59 Å². The molecule has 0 aliphatic heterocycles. The molecule has 4 aromatic rings. The highest BCUT2D eigenvalue weighted by atomic mass is 32.1. The molecule has 3 aromatic heterocycles. The number of fused-ring (bicyclic) bond motifs is 1. The van der Waals surface area contributed by atoms with Crippen molar-refractivity contribution in [1.29, 1.82) is 0 Å². The highest BCUT2D eigenvalue weighted by Gasteiger charge is 2.24. The number of hydrogen-bond donors (Lipinski definition) is 1. The van der Waals surface area contributed by atoms with Gasteiger partial charge in [-0.15, -0.1) is 21.5 Å². The molecule has 0 saturated carbocycles. The number of nitrogens with one attached hydrogen (secondary N) is 1. The zero-order chi connectivity index (χ0) is 22.8. The van der Waals surface area contributed by atoms with Gasteiger partial charge in [0, 0.05) is 18.1 Å². The Morgan fingerprint density at radius 2 is 2.06 bits per heavy atom. The van der Waals surface area contributed by atoms with Gasteiger partial charge in [0.1, 0.15) is 22.5 Å². The number of hydrogen-bond acceptors (Lipinski definition) is 8. The number of benzene rings is 1. The number of thiophene rings is 1. The van der Waals surface area contributed by atoms with E-state index in [4.69, 9.17) is 4.74 Å².